The minimum atomic E-state index is -0.198. The Hall–Kier alpha value is -2.52. The van der Waals surface area contributed by atoms with Gasteiger partial charge in [-0.15, -0.1) is 0 Å². The molecule has 9 nitrogen and oxygen atoms in total. The van der Waals surface area contributed by atoms with Crippen LogP contribution in [-0.4, -0.2) is 88.7 Å². The van der Waals surface area contributed by atoms with E-state index in [1.807, 2.05) is 23.9 Å². The predicted octanol–water partition coefficient (Wildman–Crippen LogP) is 1.59. The van der Waals surface area contributed by atoms with Crippen LogP contribution in [0.15, 0.2) is 24.5 Å². The zero-order valence-electron chi connectivity index (χ0n) is 19.3. The molecule has 1 spiro atoms. The number of carbonyl (C=O) groups excluding carboxylic acids is 2. The summed E-state index contributed by atoms with van der Waals surface area (Å²) in [4.78, 5) is 33.7. The summed E-state index contributed by atoms with van der Waals surface area (Å²) in [5, 5.41) is 7.05. The summed E-state index contributed by atoms with van der Waals surface area (Å²) in [6.45, 7) is 4.84. The van der Waals surface area contributed by atoms with Crippen molar-refractivity contribution in [2.75, 3.05) is 40.3 Å². The number of rotatable bonds is 6. The van der Waals surface area contributed by atoms with Crippen molar-refractivity contribution in [1.82, 2.24) is 29.7 Å². The number of carbonyl (C=O) groups is 2. The van der Waals surface area contributed by atoms with Crippen LogP contribution in [0.3, 0.4) is 0 Å². The lowest BCUT2D eigenvalue weighted by Gasteiger charge is -2.46. The number of aromatic nitrogens is 3. The molecule has 2 aliphatic heterocycles. The highest BCUT2D eigenvalue weighted by Crippen LogP contribution is 2.40. The molecular weight excluding hydrogens is 408 g/mol. The highest BCUT2D eigenvalue weighted by molar-refractivity contribution is 5.92. The number of hydrogen-bond acceptors (Lipinski definition) is 6. The molecule has 32 heavy (non-hydrogen) atoms. The number of likely N-dealkylation sites (N-methyl/N-ethyl adjacent to an activating group) is 1. The molecule has 0 bridgehead atoms. The van der Waals surface area contributed by atoms with Crippen LogP contribution in [0.25, 0.3) is 5.65 Å². The maximum absolute atomic E-state index is 12.8. The summed E-state index contributed by atoms with van der Waals surface area (Å²) in [6.07, 6.45) is 8.18. The molecule has 0 radical (unpaired) electrons. The first-order chi connectivity index (χ1) is 15.4. The average molecular weight is 443 g/mol. The topological polar surface area (TPSA) is 92.1 Å². The second-order valence-electron chi connectivity index (χ2n) is 9.34. The highest BCUT2D eigenvalue weighted by atomic mass is 16.5. The first-order valence-electron chi connectivity index (χ1n) is 11.6. The second kappa shape index (κ2) is 9.54. The van der Waals surface area contributed by atoms with Crippen molar-refractivity contribution >= 4 is 17.5 Å². The van der Waals surface area contributed by atoms with E-state index >= 15 is 0 Å². The first kappa shape index (κ1) is 22.7. The van der Waals surface area contributed by atoms with Crippen LogP contribution in [0.5, 0.6) is 0 Å². The Morgan fingerprint density at radius 3 is 2.72 bits per heavy atom. The number of fused-ring (bicyclic) bond motifs is 1. The SMILES string of the molecule is CCC(C(=O)N1CCC2(CCC(CNC(=O)c3ccn4nccc4n3)OC2)CC1)N(C)C. The van der Waals surface area contributed by atoms with Crippen molar-refractivity contribution in [2.45, 2.75) is 51.2 Å². The van der Waals surface area contributed by atoms with Crippen molar-refractivity contribution in [1.29, 1.82) is 0 Å². The number of amides is 2. The van der Waals surface area contributed by atoms with Crippen LogP contribution in [0.4, 0.5) is 0 Å². The molecule has 2 aliphatic rings. The van der Waals surface area contributed by atoms with Crippen LogP contribution in [-0.2, 0) is 9.53 Å². The summed E-state index contributed by atoms with van der Waals surface area (Å²) >= 11 is 0. The zero-order valence-corrected chi connectivity index (χ0v) is 19.3. The maximum atomic E-state index is 12.8. The molecule has 2 saturated heterocycles. The number of nitrogens with zero attached hydrogens (tertiary/aromatic N) is 5. The molecule has 1 N–H and O–H groups in total. The van der Waals surface area contributed by atoms with Gasteiger partial charge in [-0.1, -0.05) is 6.92 Å². The van der Waals surface area contributed by atoms with E-state index in [1.54, 1.807) is 29.0 Å². The lowest BCUT2D eigenvalue weighted by molar-refractivity contribution is -0.142. The van der Waals surface area contributed by atoms with Crippen molar-refractivity contribution < 1.29 is 14.3 Å². The van der Waals surface area contributed by atoms with Gasteiger partial charge in [0.05, 0.1) is 24.9 Å². The second-order valence-corrected chi connectivity index (χ2v) is 9.34. The highest BCUT2D eigenvalue weighted by Gasteiger charge is 2.40. The Kier molecular flexibility index (Phi) is 6.76. The predicted molar refractivity (Wildman–Crippen MR) is 120 cm³/mol. The van der Waals surface area contributed by atoms with Crippen LogP contribution in [0.2, 0.25) is 0 Å². The Balaban J connectivity index is 1.23. The standard InChI is InChI=1S/C23H34N6O3/c1-4-19(27(2)3)22(31)28-13-9-23(10-14-28)8-5-17(32-16-23)15-24-21(30)18-7-12-29-20(26-18)6-11-25-29/h6-7,11-12,17,19H,4-5,8-10,13-16H2,1-3H3,(H,24,30). The molecule has 2 unspecified atom stereocenters. The largest absolute Gasteiger partial charge is 0.376 e. The monoisotopic (exact) mass is 442 g/mol. The lowest BCUT2D eigenvalue weighted by Crippen LogP contribution is -2.52. The molecule has 2 aromatic rings. The number of likely N-dealkylation sites (tertiary alicyclic amines) is 1. The van der Waals surface area contributed by atoms with Gasteiger partial charge in [-0.3, -0.25) is 14.5 Å². The minimum Gasteiger partial charge on any atom is -0.376 e. The zero-order chi connectivity index (χ0) is 22.7. The van der Waals surface area contributed by atoms with Crippen molar-refractivity contribution in [3.8, 4) is 0 Å². The molecule has 2 atom stereocenters. The maximum Gasteiger partial charge on any atom is 0.270 e. The molecule has 4 rings (SSSR count). The summed E-state index contributed by atoms with van der Waals surface area (Å²) in [5.41, 5.74) is 1.19. The lowest BCUT2D eigenvalue weighted by atomic mass is 9.73. The van der Waals surface area contributed by atoms with Gasteiger partial charge in [-0.05, 0) is 57.7 Å². The van der Waals surface area contributed by atoms with Gasteiger partial charge in [-0.2, -0.15) is 5.10 Å². The Labute approximate surface area is 189 Å². The molecule has 9 heteroatoms. The van der Waals surface area contributed by atoms with Gasteiger partial charge in [0.2, 0.25) is 5.91 Å². The van der Waals surface area contributed by atoms with Crippen molar-refractivity contribution in [3.63, 3.8) is 0 Å². The number of hydrogen-bond donors (Lipinski definition) is 1. The van der Waals surface area contributed by atoms with E-state index in [4.69, 9.17) is 4.74 Å². The molecule has 0 aliphatic carbocycles. The Bertz CT molecular complexity index is 940. The van der Waals surface area contributed by atoms with Gasteiger partial charge in [0, 0.05) is 31.9 Å². The van der Waals surface area contributed by atoms with E-state index in [2.05, 4.69) is 22.3 Å². The third kappa shape index (κ3) is 4.78. The summed E-state index contributed by atoms with van der Waals surface area (Å²) in [6, 6.07) is 3.40. The molecule has 0 saturated carbocycles. The number of ether oxygens (including phenoxy) is 1. The fraction of sp³-hybridized carbons (Fsp3) is 0.652. The smallest absolute Gasteiger partial charge is 0.270 e. The number of nitrogens with one attached hydrogen (secondary N) is 1. The molecule has 2 aromatic heterocycles. The molecule has 0 aromatic carbocycles. The van der Waals surface area contributed by atoms with Crippen LogP contribution in [0.1, 0.15) is 49.5 Å². The van der Waals surface area contributed by atoms with Crippen molar-refractivity contribution in [3.05, 3.63) is 30.2 Å². The Morgan fingerprint density at radius 1 is 1.28 bits per heavy atom. The van der Waals surface area contributed by atoms with Gasteiger partial charge in [0.1, 0.15) is 5.69 Å². The Morgan fingerprint density at radius 2 is 2.06 bits per heavy atom. The minimum absolute atomic E-state index is 0.0150. The fourth-order valence-electron chi connectivity index (χ4n) is 4.88. The van der Waals surface area contributed by atoms with E-state index in [-0.39, 0.29) is 29.4 Å². The van der Waals surface area contributed by atoms with Gasteiger partial charge >= 0.3 is 0 Å². The van der Waals surface area contributed by atoms with E-state index in [0.29, 0.717) is 24.5 Å². The van der Waals surface area contributed by atoms with Gasteiger partial charge < -0.3 is 15.0 Å². The third-order valence-corrected chi connectivity index (χ3v) is 7.03. The molecule has 174 valence electrons. The van der Waals surface area contributed by atoms with Crippen molar-refractivity contribution in [2.24, 2.45) is 5.41 Å². The molecule has 2 amide bonds. The average Bonchev–Trinajstić information content (AvgIpc) is 3.27. The van der Waals surface area contributed by atoms with Gasteiger partial charge in [0.25, 0.3) is 5.91 Å². The van der Waals surface area contributed by atoms with E-state index in [1.165, 1.54) is 0 Å². The van der Waals surface area contributed by atoms with E-state index in [0.717, 1.165) is 45.2 Å². The van der Waals surface area contributed by atoms with E-state index < -0.39 is 0 Å². The molecule has 4 heterocycles. The fourth-order valence-corrected chi connectivity index (χ4v) is 4.88. The third-order valence-electron chi connectivity index (χ3n) is 7.03. The van der Waals surface area contributed by atoms with Crippen LogP contribution >= 0.6 is 0 Å². The first-order valence-corrected chi connectivity index (χ1v) is 11.6. The summed E-state index contributed by atoms with van der Waals surface area (Å²) < 4.78 is 7.78. The normalized spacial score (nSPS) is 21.8. The van der Waals surface area contributed by atoms with Gasteiger partial charge in [-0.25, -0.2) is 9.50 Å². The summed E-state index contributed by atoms with van der Waals surface area (Å²) in [5.74, 6) is 0.0446. The summed E-state index contributed by atoms with van der Waals surface area (Å²) in [7, 11) is 3.94. The molecule has 2 fully saturated rings. The number of piperidine rings is 1. The molecular formula is C23H34N6O3. The van der Waals surface area contributed by atoms with Gasteiger partial charge in [0.15, 0.2) is 5.65 Å². The van der Waals surface area contributed by atoms with E-state index in [9.17, 15) is 9.59 Å². The van der Waals surface area contributed by atoms with Crippen LogP contribution < -0.4 is 5.32 Å². The quantitative estimate of drug-likeness (QED) is 0.730. The van der Waals surface area contributed by atoms with Crippen LogP contribution in [0, 0.1) is 5.41 Å².